The average Bonchev–Trinajstić information content (AvgIpc) is 3.43. The number of nitrogens with zero attached hydrogens (tertiary/aromatic N) is 6. The molecule has 4 unspecified atom stereocenters. The van der Waals surface area contributed by atoms with Gasteiger partial charge in [-0.2, -0.15) is 5.10 Å². The van der Waals surface area contributed by atoms with Crippen LogP contribution in [-0.2, 0) is 0 Å². The number of hydrogen-bond donors (Lipinski definition) is 1. The van der Waals surface area contributed by atoms with Crippen LogP contribution in [-0.4, -0.2) is 62.9 Å². The van der Waals surface area contributed by atoms with Crippen LogP contribution in [0.25, 0.3) is 11.2 Å². The Hall–Kier alpha value is -2.22. The molecule has 1 aromatic carbocycles. The first-order valence-electron chi connectivity index (χ1n) is 13.1. The Morgan fingerprint density at radius 3 is 2.77 bits per heavy atom. The Kier molecular flexibility index (Phi) is 7.02. The largest absolute Gasteiger partial charge is 0.355 e. The van der Waals surface area contributed by atoms with Gasteiger partial charge in [0.25, 0.3) is 0 Å². The fourth-order valence-corrected chi connectivity index (χ4v) is 6.56. The van der Waals surface area contributed by atoms with Gasteiger partial charge >= 0.3 is 0 Å². The van der Waals surface area contributed by atoms with E-state index >= 15 is 0 Å². The highest BCUT2D eigenvalue weighted by atomic mass is 35.5. The molecule has 5 rings (SSSR count). The predicted molar refractivity (Wildman–Crippen MR) is 143 cm³/mol. The molecule has 0 radical (unpaired) electrons. The van der Waals surface area contributed by atoms with Gasteiger partial charge in [0, 0.05) is 30.2 Å². The predicted octanol–water partition coefficient (Wildman–Crippen LogP) is 4.73. The van der Waals surface area contributed by atoms with Crippen molar-refractivity contribution in [2.24, 2.45) is 11.7 Å². The molecule has 8 heteroatoms. The van der Waals surface area contributed by atoms with Crippen molar-refractivity contribution in [1.82, 2.24) is 24.6 Å². The third-order valence-corrected chi connectivity index (χ3v) is 8.38. The molecule has 0 saturated carbocycles. The van der Waals surface area contributed by atoms with E-state index in [9.17, 15) is 0 Å². The van der Waals surface area contributed by atoms with E-state index in [4.69, 9.17) is 32.4 Å². The first-order valence-corrected chi connectivity index (χ1v) is 13.4. The normalized spacial score (nSPS) is 24.4. The van der Waals surface area contributed by atoms with E-state index in [0.717, 1.165) is 65.7 Å². The van der Waals surface area contributed by atoms with E-state index in [-0.39, 0.29) is 6.04 Å². The maximum atomic E-state index is 6.20. The van der Waals surface area contributed by atoms with Gasteiger partial charge in [-0.05, 0) is 88.7 Å². The molecule has 0 aliphatic carbocycles. The quantitative estimate of drug-likeness (QED) is 0.532. The Labute approximate surface area is 213 Å². The minimum Gasteiger partial charge on any atom is -0.355 e. The molecule has 4 atom stereocenters. The Bertz CT molecular complexity index is 1190. The van der Waals surface area contributed by atoms with Crippen LogP contribution in [0.1, 0.15) is 62.4 Å². The van der Waals surface area contributed by atoms with Gasteiger partial charge in [-0.3, -0.25) is 4.90 Å². The van der Waals surface area contributed by atoms with E-state index < -0.39 is 0 Å². The summed E-state index contributed by atoms with van der Waals surface area (Å²) in [5.41, 5.74) is 10.9. The van der Waals surface area contributed by atoms with Gasteiger partial charge in [0.15, 0.2) is 5.65 Å². The number of aromatic nitrogens is 4. The van der Waals surface area contributed by atoms with Crippen molar-refractivity contribution in [3.05, 3.63) is 46.2 Å². The number of piperidine rings is 1. The number of halogens is 1. The lowest BCUT2D eigenvalue weighted by atomic mass is 9.91. The van der Waals surface area contributed by atoms with Crippen LogP contribution in [0.15, 0.2) is 24.4 Å². The second-order valence-corrected chi connectivity index (χ2v) is 10.9. The van der Waals surface area contributed by atoms with Crippen LogP contribution in [0.3, 0.4) is 0 Å². The molecule has 0 spiro atoms. The van der Waals surface area contributed by atoms with E-state index in [2.05, 4.69) is 36.6 Å². The molecular weight excluding hydrogens is 458 g/mol. The summed E-state index contributed by atoms with van der Waals surface area (Å²) >= 11 is 6.20. The summed E-state index contributed by atoms with van der Waals surface area (Å²) in [6, 6.07) is 7.36. The fourth-order valence-electron chi connectivity index (χ4n) is 6.33. The molecule has 4 heterocycles. The second-order valence-electron chi connectivity index (χ2n) is 10.5. The summed E-state index contributed by atoms with van der Waals surface area (Å²) in [5.74, 6) is 1.52. The van der Waals surface area contributed by atoms with Gasteiger partial charge in [0.2, 0.25) is 0 Å². The minimum absolute atomic E-state index is 0.0346. The molecule has 2 N–H and O–H groups in total. The molecule has 0 bridgehead atoms. The number of benzene rings is 1. The smallest absolute Gasteiger partial charge is 0.179 e. The van der Waals surface area contributed by atoms with Crippen molar-refractivity contribution < 1.29 is 0 Å². The van der Waals surface area contributed by atoms with Crippen LogP contribution < -0.4 is 10.6 Å². The van der Waals surface area contributed by atoms with Gasteiger partial charge in [0.05, 0.1) is 17.9 Å². The highest BCUT2D eigenvalue weighted by Gasteiger charge is 2.36. The SMILES string of the molecule is Cc1cc(Cl)ccc1C(C)n1nc(C)c2ncc(N3CCC(N4CCCC4CCN)C(C)C3)nc21. The molecule has 2 aromatic heterocycles. The molecule has 35 heavy (non-hydrogen) atoms. The molecule has 2 saturated heterocycles. The summed E-state index contributed by atoms with van der Waals surface area (Å²) in [6.07, 6.45) is 6.79. The van der Waals surface area contributed by atoms with E-state index in [0.29, 0.717) is 18.0 Å². The third-order valence-electron chi connectivity index (χ3n) is 8.14. The zero-order valence-electron chi connectivity index (χ0n) is 21.4. The van der Waals surface area contributed by atoms with Gasteiger partial charge in [-0.25, -0.2) is 14.6 Å². The lowest BCUT2D eigenvalue weighted by Gasteiger charge is -2.43. The molecule has 2 aliphatic heterocycles. The molecule has 2 aliphatic rings. The first kappa shape index (κ1) is 24.5. The van der Waals surface area contributed by atoms with Crippen molar-refractivity contribution in [3.63, 3.8) is 0 Å². The standard InChI is InChI=1S/C27H38ClN7/c1-17-14-21(28)7-8-23(17)20(4)35-27-26(19(3)32-35)30-15-25(31-27)33-13-10-24(18(2)16-33)34-12-5-6-22(34)9-11-29/h7-8,14-15,18,20,22,24H,5-6,9-13,16,29H2,1-4H3. The first-order chi connectivity index (χ1) is 16.9. The Morgan fingerprint density at radius 1 is 1.20 bits per heavy atom. The number of nitrogens with two attached hydrogens (primary N) is 1. The van der Waals surface area contributed by atoms with Crippen LogP contribution >= 0.6 is 11.6 Å². The molecular formula is C27H38ClN7. The van der Waals surface area contributed by atoms with Crippen molar-refractivity contribution in [2.75, 3.05) is 31.1 Å². The maximum absolute atomic E-state index is 6.20. The van der Waals surface area contributed by atoms with Gasteiger partial charge in [0.1, 0.15) is 11.3 Å². The summed E-state index contributed by atoms with van der Waals surface area (Å²) in [5, 5.41) is 5.60. The number of hydrogen-bond acceptors (Lipinski definition) is 6. The second kappa shape index (κ2) is 10.0. The number of likely N-dealkylation sites (tertiary alicyclic amines) is 1. The highest BCUT2D eigenvalue weighted by molar-refractivity contribution is 6.30. The molecule has 7 nitrogen and oxygen atoms in total. The lowest BCUT2D eigenvalue weighted by molar-refractivity contribution is 0.112. The van der Waals surface area contributed by atoms with E-state index in [1.807, 2.05) is 29.9 Å². The van der Waals surface area contributed by atoms with Crippen LogP contribution in [0, 0.1) is 19.8 Å². The Balaban J connectivity index is 1.39. The van der Waals surface area contributed by atoms with Gasteiger partial charge in [-0.15, -0.1) is 0 Å². The monoisotopic (exact) mass is 495 g/mol. The number of anilines is 1. The van der Waals surface area contributed by atoms with Gasteiger partial charge in [-0.1, -0.05) is 24.6 Å². The van der Waals surface area contributed by atoms with Crippen LogP contribution in [0.5, 0.6) is 0 Å². The number of rotatable bonds is 6. The minimum atomic E-state index is 0.0346. The van der Waals surface area contributed by atoms with Crippen LogP contribution in [0.4, 0.5) is 5.82 Å². The van der Waals surface area contributed by atoms with Gasteiger partial charge < -0.3 is 10.6 Å². The molecule has 188 valence electrons. The topological polar surface area (TPSA) is 76.1 Å². The van der Waals surface area contributed by atoms with Crippen molar-refractivity contribution in [3.8, 4) is 0 Å². The summed E-state index contributed by atoms with van der Waals surface area (Å²) < 4.78 is 2.02. The third kappa shape index (κ3) is 4.66. The molecule has 3 aromatic rings. The van der Waals surface area contributed by atoms with Crippen molar-refractivity contribution >= 4 is 28.6 Å². The average molecular weight is 496 g/mol. The zero-order valence-corrected chi connectivity index (χ0v) is 22.2. The van der Waals surface area contributed by atoms with Crippen molar-refractivity contribution in [2.45, 2.75) is 71.5 Å². The van der Waals surface area contributed by atoms with E-state index in [1.165, 1.54) is 24.9 Å². The number of fused-ring (bicyclic) bond motifs is 1. The summed E-state index contributed by atoms with van der Waals surface area (Å²) in [6.45, 7) is 12.7. The highest BCUT2D eigenvalue weighted by Crippen LogP contribution is 2.33. The van der Waals surface area contributed by atoms with Crippen molar-refractivity contribution in [1.29, 1.82) is 0 Å². The van der Waals surface area contributed by atoms with E-state index in [1.54, 1.807) is 0 Å². The molecule has 0 amide bonds. The fraction of sp³-hybridized carbons (Fsp3) is 0.593. The summed E-state index contributed by atoms with van der Waals surface area (Å²) in [4.78, 5) is 15.1. The lowest BCUT2D eigenvalue weighted by Crippen LogP contribution is -2.52. The maximum Gasteiger partial charge on any atom is 0.179 e. The Morgan fingerprint density at radius 2 is 2.03 bits per heavy atom. The van der Waals surface area contributed by atoms with Crippen LogP contribution in [0.2, 0.25) is 5.02 Å². The molecule has 2 fully saturated rings. The summed E-state index contributed by atoms with van der Waals surface area (Å²) in [7, 11) is 0. The number of aryl methyl sites for hydroxylation is 2. The zero-order chi connectivity index (χ0) is 24.7.